The summed E-state index contributed by atoms with van der Waals surface area (Å²) in [5.74, 6) is 0.537. The van der Waals surface area contributed by atoms with Gasteiger partial charge in [0, 0.05) is 31.4 Å². The molecule has 110 valence electrons. The molecule has 0 aliphatic rings. The second-order valence-corrected chi connectivity index (χ2v) is 4.73. The number of hydrogen-bond donors (Lipinski definition) is 1. The minimum Gasteiger partial charge on any atom is -0.412 e. The van der Waals surface area contributed by atoms with Gasteiger partial charge in [0.15, 0.2) is 0 Å². The molecule has 5 nitrogen and oxygen atoms in total. The molecule has 0 fully saturated rings. The molecule has 1 amide bonds. The summed E-state index contributed by atoms with van der Waals surface area (Å²) in [4.78, 5) is 12.1. The molecular weight excluding hydrogens is 266 g/mol. The fourth-order valence-electron chi connectivity index (χ4n) is 1.29. The molecule has 0 saturated heterocycles. The van der Waals surface area contributed by atoms with E-state index in [0.717, 1.165) is 24.3 Å². The van der Waals surface area contributed by atoms with Crippen molar-refractivity contribution in [3.63, 3.8) is 0 Å². The number of ether oxygens (including phenoxy) is 1. The number of nitrogens with two attached hydrogens (primary N) is 1. The monoisotopic (exact) mass is 289 g/mol. The van der Waals surface area contributed by atoms with Gasteiger partial charge in [0.2, 0.25) is 5.91 Å². The van der Waals surface area contributed by atoms with E-state index in [1.165, 1.54) is 4.90 Å². The zero-order valence-electron chi connectivity index (χ0n) is 10.9. The van der Waals surface area contributed by atoms with Gasteiger partial charge in [0.25, 0.3) is 0 Å². The van der Waals surface area contributed by atoms with E-state index in [1.807, 2.05) is 24.3 Å². The molecule has 19 heavy (non-hydrogen) atoms. The van der Waals surface area contributed by atoms with E-state index in [2.05, 4.69) is 6.58 Å². The lowest BCUT2D eigenvalue weighted by molar-refractivity contribution is -0.112. The van der Waals surface area contributed by atoms with Crippen molar-refractivity contribution >= 4 is 23.2 Å². The van der Waals surface area contributed by atoms with Gasteiger partial charge in [0.1, 0.15) is 0 Å². The molecule has 1 aromatic carbocycles. The van der Waals surface area contributed by atoms with Crippen molar-refractivity contribution in [3.8, 4) is 0 Å². The third kappa shape index (κ3) is 6.97. The maximum atomic E-state index is 10.9. The van der Waals surface area contributed by atoms with Crippen LogP contribution in [-0.4, -0.2) is 36.3 Å². The second kappa shape index (κ2) is 10.6. The van der Waals surface area contributed by atoms with E-state index in [-0.39, 0.29) is 12.4 Å². The lowest BCUT2D eigenvalue weighted by Gasteiger charge is -2.04. The average molecular weight is 289 g/mol. The molecule has 1 rings (SSSR count). The van der Waals surface area contributed by atoms with Crippen molar-refractivity contribution in [2.24, 2.45) is 5.73 Å². The smallest absolute Gasteiger partial charge is 0.248 e. The first kappa shape index (κ1) is 20.0. The van der Waals surface area contributed by atoms with Gasteiger partial charge in [-0.3, -0.25) is 4.79 Å². The van der Waals surface area contributed by atoms with Gasteiger partial charge in [-0.1, -0.05) is 18.7 Å². The van der Waals surface area contributed by atoms with Crippen LogP contribution in [-0.2, 0) is 9.53 Å². The van der Waals surface area contributed by atoms with E-state index in [9.17, 15) is 4.79 Å². The molecule has 0 aromatic heterocycles. The van der Waals surface area contributed by atoms with Crippen molar-refractivity contribution in [1.82, 2.24) is 0 Å². The molecule has 0 aliphatic carbocycles. The highest BCUT2D eigenvalue weighted by Crippen LogP contribution is 2.21. The van der Waals surface area contributed by atoms with Crippen molar-refractivity contribution in [2.45, 2.75) is 11.3 Å². The Bertz CT molecular complexity index is 398. The van der Waals surface area contributed by atoms with E-state index in [4.69, 9.17) is 10.5 Å². The number of benzene rings is 1. The topological polar surface area (TPSA) is 115 Å². The Morgan fingerprint density at radius 2 is 1.95 bits per heavy atom. The summed E-state index contributed by atoms with van der Waals surface area (Å²) in [5.41, 5.74) is 6.29. The lowest BCUT2D eigenvalue weighted by atomic mass is 10.1. The highest BCUT2D eigenvalue weighted by molar-refractivity contribution is 7.99. The first-order valence-electron chi connectivity index (χ1n) is 5.36. The molecule has 6 heteroatoms. The summed E-state index contributed by atoms with van der Waals surface area (Å²) in [7, 11) is 1.70. The van der Waals surface area contributed by atoms with Gasteiger partial charge in [-0.15, -0.1) is 11.8 Å². The maximum Gasteiger partial charge on any atom is 0.248 e. The SMILES string of the molecule is C=C(C(N)=O)c1ccc(SCCCOC)cc1.O.O.[HH]. The van der Waals surface area contributed by atoms with Crippen molar-refractivity contribution in [3.05, 3.63) is 36.4 Å². The van der Waals surface area contributed by atoms with Crippen LogP contribution in [0.1, 0.15) is 13.4 Å². The van der Waals surface area contributed by atoms with Gasteiger partial charge < -0.3 is 21.4 Å². The Kier molecular flexibility index (Phi) is 11.1. The molecule has 0 atom stereocenters. The predicted octanol–water partition coefficient (Wildman–Crippen LogP) is 0.910. The van der Waals surface area contributed by atoms with Crippen LogP contribution < -0.4 is 5.73 Å². The molecule has 6 N–H and O–H groups in total. The highest BCUT2D eigenvalue weighted by atomic mass is 32.2. The molecule has 1 aromatic rings. The number of rotatable bonds is 7. The van der Waals surface area contributed by atoms with Gasteiger partial charge >= 0.3 is 0 Å². The summed E-state index contributed by atoms with van der Waals surface area (Å²) >= 11 is 1.76. The maximum absolute atomic E-state index is 10.9. The molecular formula is C13H23NO4S. The summed E-state index contributed by atoms with van der Waals surface area (Å²) < 4.78 is 4.98. The summed E-state index contributed by atoms with van der Waals surface area (Å²) in [6.45, 7) is 4.42. The fourth-order valence-corrected chi connectivity index (χ4v) is 2.11. The number of amides is 1. The lowest BCUT2D eigenvalue weighted by Crippen LogP contribution is -2.11. The number of primary amides is 1. The van der Waals surface area contributed by atoms with Crippen LogP contribution >= 0.6 is 11.8 Å². The van der Waals surface area contributed by atoms with E-state index in [0.29, 0.717) is 5.57 Å². The van der Waals surface area contributed by atoms with Crippen LogP contribution in [0.5, 0.6) is 0 Å². The predicted molar refractivity (Wildman–Crippen MR) is 81.2 cm³/mol. The van der Waals surface area contributed by atoms with Crippen LogP contribution in [0, 0.1) is 0 Å². The largest absolute Gasteiger partial charge is 0.412 e. The quantitative estimate of drug-likeness (QED) is 0.457. The zero-order valence-corrected chi connectivity index (χ0v) is 11.8. The highest BCUT2D eigenvalue weighted by Gasteiger charge is 2.04. The van der Waals surface area contributed by atoms with Gasteiger partial charge in [-0.25, -0.2) is 0 Å². The summed E-state index contributed by atoms with van der Waals surface area (Å²) in [5, 5.41) is 0. The molecule has 0 aliphatic heterocycles. The van der Waals surface area contributed by atoms with E-state index >= 15 is 0 Å². The van der Waals surface area contributed by atoms with Crippen LogP contribution in [0.2, 0.25) is 0 Å². The number of hydrogen-bond acceptors (Lipinski definition) is 3. The van der Waals surface area contributed by atoms with Crippen LogP contribution in [0.4, 0.5) is 0 Å². The minimum atomic E-state index is -0.481. The summed E-state index contributed by atoms with van der Waals surface area (Å²) in [6, 6.07) is 7.68. The molecule has 0 radical (unpaired) electrons. The van der Waals surface area contributed by atoms with Crippen LogP contribution in [0.15, 0.2) is 35.7 Å². The number of carbonyl (C=O) groups excluding carboxylic acids is 1. The van der Waals surface area contributed by atoms with Crippen molar-refractivity contribution < 1.29 is 21.9 Å². The first-order chi connectivity index (χ1) is 8.15. The number of thioether (sulfide) groups is 1. The summed E-state index contributed by atoms with van der Waals surface area (Å²) in [6.07, 6.45) is 1.02. The Morgan fingerprint density at radius 3 is 2.42 bits per heavy atom. The molecule has 0 saturated carbocycles. The number of methoxy groups -OCH3 is 1. The standard InChI is InChI=1S/C13H17NO2S.2H2O.H2/c1-10(13(14)15)11-4-6-12(7-5-11)17-9-3-8-16-2;;;/h4-7H,1,3,8-9H2,2H3,(H2,14,15);2*1H2;1H. The third-order valence-corrected chi connectivity index (χ3v) is 3.36. The van der Waals surface area contributed by atoms with Gasteiger partial charge in [0.05, 0.1) is 0 Å². The Balaban J connectivity index is -0.000000963. The molecule has 0 spiro atoms. The van der Waals surface area contributed by atoms with E-state index in [1.54, 1.807) is 18.9 Å². The van der Waals surface area contributed by atoms with Crippen molar-refractivity contribution in [2.75, 3.05) is 19.5 Å². The normalized spacial score (nSPS) is 9.11. The minimum absolute atomic E-state index is 0. The van der Waals surface area contributed by atoms with Crippen molar-refractivity contribution in [1.29, 1.82) is 0 Å². The third-order valence-electron chi connectivity index (χ3n) is 2.26. The Hall–Kier alpha value is -1.34. The van der Waals surface area contributed by atoms with Gasteiger partial charge in [-0.05, 0) is 24.1 Å². The average Bonchev–Trinajstić information content (AvgIpc) is 2.34. The second-order valence-electron chi connectivity index (χ2n) is 3.56. The number of carbonyl (C=O) groups is 1. The Morgan fingerprint density at radius 1 is 1.37 bits per heavy atom. The van der Waals surface area contributed by atoms with E-state index < -0.39 is 5.91 Å². The zero-order chi connectivity index (χ0) is 12.7. The molecule has 0 unspecified atom stereocenters. The molecule has 0 heterocycles. The first-order valence-corrected chi connectivity index (χ1v) is 6.34. The van der Waals surface area contributed by atoms with Gasteiger partial charge in [-0.2, -0.15) is 0 Å². The van der Waals surface area contributed by atoms with Crippen LogP contribution in [0.3, 0.4) is 0 Å². The Labute approximate surface area is 118 Å². The van der Waals surface area contributed by atoms with Crippen LogP contribution in [0.25, 0.3) is 5.57 Å². The fraction of sp³-hybridized carbons (Fsp3) is 0.308. The molecule has 0 bridgehead atoms.